The van der Waals surface area contributed by atoms with E-state index in [4.69, 9.17) is 9.72 Å². The largest absolute Gasteiger partial charge is 0.437 e. The lowest BCUT2D eigenvalue weighted by molar-refractivity contribution is -0.111. The Morgan fingerprint density at radius 3 is 2.38 bits per heavy atom. The lowest BCUT2D eigenvalue weighted by atomic mass is 10.1. The van der Waals surface area contributed by atoms with Gasteiger partial charge in [0, 0.05) is 62.4 Å². The predicted molar refractivity (Wildman–Crippen MR) is 160 cm³/mol. The van der Waals surface area contributed by atoms with E-state index in [1.807, 2.05) is 31.2 Å². The molecule has 0 aliphatic carbocycles. The van der Waals surface area contributed by atoms with Gasteiger partial charge in [0.15, 0.2) is 0 Å². The Balaban J connectivity index is 1.37. The van der Waals surface area contributed by atoms with Gasteiger partial charge in [0.2, 0.25) is 11.8 Å². The lowest BCUT2D eigenvalue weighted by Crippen LogP contribution is -2.44. The molecule has 39 heavy (non-hydrogen) atoms. The van der Waals surface area contributed by atoms with Crippen molar-refractivity contribution < 1.29 is 9.53 Å². The van der Waals surface area contributed by atoms with Crippen molar-refractivity contribution in [1.82, 2.24) is 9.88 Å². The van der Waals surface area contributed by atoms with Crippen LogP contribution in [0.15, 0.2) is 67.3 Å². The van der Waals surface area contributed by atoms with Crippen molar-refractivity contribution in [3.63, 3.8) is 0 Å². The molecule has 8 nitrogen and oxygen atoms in total. The number of pyridine rings is 1. The van der Waals surface area contributed by atoms with Crippen LogP contribution in [0.3, 0.4) is 0 Å². The van der Waals surface area contributed by atoms with E-state index >= 15 is 0 Å². The van der Waals surface area contributed by atoms with Crippen LogP contribution in [0.1, 0.15) is 24.8 Å². The number of piperidine rings is 1. The zero-order chi connectivity index (χ0) is 27.2. The summed E-state index contributed by atoms with van der Waals surface area (Å²) >= 11 is 0. The van der Waals surface area contributed by atoms with Crippen LogP contribution in [0.2, 0.25) is 0 Å². The zero-order valence-electron chi connectivity index (χ0n) is 22.9. The Labute approximate surface area is 231 Å². The highest BCUT2D eigenvalue weighted by atomic mass is 16.5. The van der Waals surface area contributed by atoms with E-state index in [1.54, 1.807) is 0 Å². The summed E-state index contributed by atoms with van der Waals surface area (Å²) in [6, 6.07) is 18.3. The molecular weight excluding hydrogens is 488 g/mol. The minimum absolute atomic E-state index is 0.257. The molecule has 1 amide bonds. The maximum absolute atomic E-state index is 11.9. The molecule has 3 aromatic rings. The van der Waals surface area contributed by atoms with Crippen LogP contribution >= 0.6 is 0 Å². The van der Waals surface area contributed by atoms with E-state index in [0.29, 0.717) is 23.1 Å². The molecule has 3 heterocycles. The summed E-state index contributed by atoms with van der Waals surface area (Å²) < 4.78 is 6.38. The molecule has 2 aliphatic heterocycles. The van der Waals surface area contributed by atoms with Crippen LogP contribution in [0.25, 0.3) is 0 Å². The molecule has 8 heteroatoms. The summed E-state index contributed by atoms with van der Waals surface area (Å²) in [5.41, 5.74) is 4.82. The van der Waals surface area contributed by atoms with E-state index in [-0.39, 0.29) is 5.91 Å². The monoisotopic (exact) mass is 526 g/mol. The van der Waals surface area contributed by atoms with Crippen molar-refractivity contribution >= 4 is 34.5 Å². The summed E-state index contributed by atoms with van der Waals surface area (Å²) in [6.07, 6.45) is 4.81. The van der Waals surface area contributed by atoms with E-state index in [9.17, 15) is 4.79 Å². The highest BCUT2D eigenvalue weighted by Crippen LogP contribution is 2.35. The van der Waals surface area contributed by atoms with Gasteiger partial charge in [-0.05, 0) is 87.3 Å². The molecule has 0 spiro atoms. The van der Waals surface area contributed by atoms with Crippen LogP contribution in [0.4, 0.5) is 28.6 Å². The molecule has 0 bridgehead atoms. The van der Waals surface area contributed by atoms with Crippen molar-refractivity contribution in [2.24, 2.45) is 0 Å². The van der Waals surface area contributed by atoms with Gasteiger partial charge in [-0.1, -0.05) is 12.6 Å². The summed E-state index contributed by atoms with van der Waals surface area (Å²) in [4.78, 5) is 23.9. The first-order valence-corrected chi connectivity index (χ1v) is 13.8. The van der Waals surface area contributed by atoms with Crippen molar-refractivity contribution in [3.8, 4) is 11.6 Å². The smallest absolute Gasteiger partial charge is 0.247 e. The average molecular weight is 527 g/mol. The quantitative estimate of drug-likeness (QED) is 0.360. The number of carbonyl (C=O) groups is 1. The summed E-state index contributed by atoms with van der Waals surface area (Å²) in [7, 11) is 2.17. The third-order valence-electron chi connectivity index (χ3n) is 7.41. The number of likely N-dealkylation sites (N-methyl/N-ethyl adjacent to an activating group) is 1. The first-order valence-electron chi connectivity index (χ1n) is 13.8. The van der Waals surface area contributed by atoms with Gasteiger partial charge in [-0.15, -0.1) is 0 Å². The number of aromatic nitrogens is 1. The minimum atomic E-state index is -0.257. The van der Waals surface area contributed by atoms with Crippen LogP contribution in [0.5, 0.6) is 11.6 Å². The fourth-order valence-corrected chi connectivity index (χ4v) is 5.02. The van der Waals surface area contributed by atoms with Crippen molar-refractivity contribution in [2.45, 2.75) is 26.2 Å². The molecule has 204 valence electrons. The van der Waals surface area contributed by atoms with Gasteiger partial charge in [-0.25, -0.2) is 0 Å². The molecule has 0 atom stereocenters. The molecule has 2 fully saturated rings. The van der Waals surface area contributed by atoms with Crippen LogP contribution in [-0.4, -0.2) is 62.1 Å². The number of amides is 1. The lowest BCUT2D eigenvalue weighted by Gasteiger charge is -2.34. The molecule has 0 unspecified atom stereocenters. The zero-order valence-corrected chi connectivity index (χ0v) is 22.9. The van der Waals surface area contributed by atoms with Crippen LogP contribution in [-0.2, 0) is 4.79 Å². The fraction of sp³-hybridized carbons (Fsp3) is 0.355. The number of nitrogens with one attached hydrogen (secondary N) is 2. The van der Waals surface area contributed by atoms with Gasteiger partial charge in [0.25, 0.3) is 0 Å². The highest BCUT2D eigenvalue weighted by Gasteiger charge is 2.19. The second-order valence-electron chi connectivity index (χ2n) is 10.3. The van der Waals surface area contributed by atoms with Crippen molar-refractivity contribution in [3.05, 3.63) is 72.8 Å². The van der Waals surface area contributed by atoms with E-state index < -0.39 is 0 Å². The molecule has 2 N–H and O–H groups in total. The third kappa shape index (κ3) is 6.70. The fourth-order valence-electron chi connectivity index (χ4n) is 5.02. The Morgan fingerprint density at radius 1 is 0.923 bits per heavy atom. The number of piperazine rings is 1. The number of aryl methyl sites for hydroxylation is 1. The topological polar surface area (TPSA) is 73.0 Å². The maximum Gasteiger partial charge on any atom is 0.247 e. The van der Waals surface area contributed by atoms with Gasteiger partial charge in [0.1, 0.15) is 17.3 Å². The van der Waals surface area contributed by atoms with Gasteiger partial charge >= 0.3 is 0 Å². The van der Waals surface area contributed by atoms with E-state index in [1.165, 1.54) is 18.2 Å². The Hall–Kier alpha value is -4.04. The Kier molecular flexibility index (Phi) is 8.32. The second-order valence-corrected chi connectivity index (χ2v) is 10.3. The van der Waals surface area contributed by atoms with Gasteiger partial charge in [0.05, 0.1) is 0 Å². The molecule has 2 aliphatic rings. The van der Waals surface area contributed by atoms with Gasteiger partial charge in [-0.3, -0.25) is 4.79 Å². The highest BCUT2D eigenvalue weighted by molar-refractivity contribution is 5.99. The predicted octanol–water partition coefficient (Wildman–Crippen LogP) is 5.79. The van der Waals surface area contributed by atoms with E-state index in [2.05, 4.69) is 69.3 Å². The first kappa shape index (κ1) is 26.6. The molecule has 1 aromatic heterocycles. The molecule has 0 radical (unpaired) electrons. The summed E-state index contributed by atoms with van der Waals surface area (Å²) in [6.45, 7) is 11.7. The minimum Gasteiger partial charge on any atom is -0.437 e. The summed E-state index contributed by atoms with van der Waals surface area (Å²) in [5, 5.41) is 6.30. The van der Waals surface area contributed by atoms with Crippen LogP contribution < -0.4 is 25.2 Å². The molecule has 2 saturated heterocycles. The Morgan fingerprint density at radius 2 is 1.67 bits per heavy atom. The normalized spacial score (nSPS) is 16.1. The summed E-state index contributed by atoms with van der Waals surface area (Å²) in [5.74, 6) is 1.61. The number of hydrogen-bond acceptors (Lipinski definition) is 7. The number of carbonyl (C=O) groups excluding carboxylic acids is 1. The number of benzene rings is 2. The number of rotatable bonds is 8. The number of anilines is 5. The Bertz CT molecular complexity index is 1290. The molecule has 2 aromatic carbocycles. The number of hydrogen-bond donors (Lipinski definition) is 2. The molecule has 5 rings (SSSR count). The van der Waals surface area contributed by atoms with Crippen LogP contribution in [0, 0.1) is 6.92 Å². The van der Waals surface area contributed by atoms with Crippen molar-refractivity contribution in [2.75, 3.05) is 66.7 Å². The standard InChI is InChI=1S/C31H38N6O2/c1-4-30(38)33-27-22-26(13-8-23(27)2)39-31-28(37-16-6-5-7-17-37)14-15-29(34-31)32-24-9-11-25(12-10-24)36-20-18-35(3)19-21-36/h4,8-15,22H,1,5-7,16-21H2,2-3H3,(H,32,34)(H,33,38). The number of ether oxygens (including phenoxy) is 1. The first-order chi connectivity index (χ1) is 19.0. The third-order valence-corrected chi connectivity index (χ3v) is 7.41. The molecular formula is C31H38N6O2. The second kappa shape index (κ2) is 12.2. The number of nitrogens with zero attached hydrogens (tertiary/aromatic N) is 4. The van der Waals surface area contributed by atoms with Gasteiger partial charge in [-0.2, -0.15) is 4.98 Å². The molecule has 0 saturated carbocycles. The van der Waals surface area contributed by atoms with E-state index in [0.717, 1.165) is 69.0 Å². The SMILES string of the molecule is C=CC(=O)Nc1cc(Oc2nc(Nc3ccc(N4CCN(C)CC4)cc3)ccc2N2CCCCC2)ccc1C. The average Bonchev–Trinajstić information content (AvgIpc) is 2.96. The maximum atomic E-state index is 11.9. The van der Waals surface area contributed by atoms with Crippen molar-refractivity contribution in [1.29, 1.82) is 0 Å². The van der Waals surface area contributed by atoms with Gasteiger partial charge < -0.3 is 30.1 Å².